The Bertz CT molecular complexity index is 1340. The van der Waals surface area contributed by atoms with E-state index >= 15 is 0 Å². The lowest BCUT2D eigenvalue weighted by molar-refractivity contribution is -0.233. The third-order valence-electron chi connectivity index (χ3n) is 8.47. The van der Waals surface area contributed by atoms with E-state index in [1.807, 2.05) is 72.8 Å². The second-order valence-corrected chi connectivity index (χ2v) is 11.7. The molecule has 6 heteroatoms. The van der Waals surface area contributed by atoms with Gasteiger partial charge in [-0.15, -0.1) is 0 Å². The third-order valence-corrected chi connectivity index (χ3v) is 8.47. The lowest BCUT2D eigenvalue weighted by Gasteiger charge is -2.52. The van der Waals surface area contributed by atoms with Gasteiger partial charge in [-0.1, -0.05) is 135 Å². The fourth-order valence-electron chi connectivity index (χ4n) is 6.09. The topological polar surface area (TPSA) is 60.4 Å². The molecular formula is C39H47NO5. The van der Waals surface area contributed by atoms with E-state index < -0.39 is 12.2 Å². The molecule has 1 heterocycles. The van der Waals surface area contributed by atoms with Gasteiger partial charge in [0, 0.05) is 0 Å². The highest BCUT2D eigenvalue weighted by molar-refractivity contribution is 5.17. The van der Waals surface area contributed by atoms with Gasteiger partial charge in [-0.25, -0.2) is 0 Å². The van der Waals surface area contributed by atoms with Crippen molar-refractivity contribution in [2.24, 2.45) is 0 Å². The maximum atomic E-state index is 11.0. The molecular weight excluding hydrogens is 562 g/mol. The van der Waals surface area contributed by atoms with Gasteiger partial charge in [0.05, 0.1) is 51.7 Å². The molecule has 1 fully saturated rings. The summed E-state index contributed by atoms with van der Waals surface area (Å²) in [7, 11) is 0. The number of hydrogen-bond donors (Lipinski definition) is 1. The molecule has 5 atom stereocenters. The minimum atomic E-state index is -0.446. The van der Waals surface area contributed by atoms with E-state index in [1.54, 1.807) is 0 Å². The van der Waals surface area contributed by atoms with Gasteiger partial charge >= 0.3 is 0 Å². The molecule has 45 heavy (non-hydrogen) atoms. The number of ether oxygens (including phenoxy) is 4. The first kappa shape index (κ1) is 33.0. The minimum Gasteiger partial charge on any atom is -0.395 e. The molecule has 0 spiro atoms. The molecule has 6 nitrogen and oxygen atoms in total. The summed E-state index contributed by atoms with van der Waals surface area (Å²) in [5.41, 5.74) is 4.36. The molecule has 4 aromatic rings. The van der Waals surface area contributed by atoms with Crippen molar-refractivity contribution in [2.75, 3.05) is 19.8 Å². The number of nitrogens with zero attached hydrogens (tertiary/aromatic N) is 1. The first-order chi connectivity index (χ1) is 22.3. The Balaban J connectivity index is 1.48. The number of likely N-dealkylation sites (tertiary alicyclic amines) is 1. The SMILES string of the molecule is CCCCN1[C@H](COCc2ccccc2)[C@@H](OCc2ccccc2)[C@H](OCc2ccccc2)[C@@H](OCc2ccccc2)[C@@H]1CO. The summed E-state index contributed by atoms with van der Waals surface area (Å²) in [4.78, 5) is 2.36. The van der Waals surface area contributed by atoms with E-state index in [0.717, 1.165) is 41.6 Å². The number of benzene rings is 4. The Hall–Kier alpha value is -3.36. The van der Waals surface area contributed by atoms with Crippen LogP contribution in [0.4, 0.5) is 0 Å². The summed E-state index contributed by atoms with van der Waals surface area (Å²) < 4.78 is 26.8. The summed E-state index contributed by atoms with van der Waals surface area (Å²) >= 11 is 0. The molecule has 0 unspecified atom stereocenters. The molecule has 0 aromatic heterocycles. The Morgan fingerprint density at radius 3 is 1.36 bits per heavy atom. The van der Waals surface area contributed by atoms with Crippen LogP contribution < -0.4 is 0 Å². The van der Waals surface area contributed by atoms with Gasteiger partial charge in [-0.3, -0.25) is 4.90 Å². The second kappa shape index (κ2) is 18.0. The first-order valence-electron chi connectivity index (χ1n) is 16.2. The monoisotopic (exact) mass is 609 g/mol. The number of rotatable bonds is 17. The highest BCUT2D eigenvalue weighted by Gasteiger charge is 2.51. The molecule has 1 aliphatic heterocycles. The Morgan fingerprint density at radius 2 is 0.933 bits per heavy atom. The van der Waals surface area contributed by atoms with E-state index in [2.05, 4.69) is 60.4 Å². The van der Waals surface area contributed by atoms with Crippen LogP contribution in [0.5, 0.6) is 0 Å². The van der Waals surface area contributed by atoms with Crippen molar-refractivity contribution in [1.82, 2.24) is 4.90 Å². The molecule has 0 radical (unpaired) electrons. The standard InChI is InChI=1S/C39H47NO5/c1-2-3-24-40-35(25-41)37(43-27-32-18-10-5-11-19-32)39(45-29-34-22-14-7-15-23-34)38(44-28-33-20-12-6-13-21-33)36(40)30-42-26-31-16-8-4-9-17-31/h4-23,35-39,41H,2-3,24-30H2,1H3/t35-,36+,37-,38+,39+/m0/s1. The maximum absolute atomic E-state index is 11.0. The van der Waals surface area contributed by atoms with Gasteiger partial charge in [0.2, 0.25) is 0 Å². The zero-order chi connectivity index (χ0) is 31.1. The number of aliphatic hydroxyl groups is 1. The normalized spacial score (nSPS) is 22.0. The maximum Gasteiger partial charge on any atom is 0.113 e. The van der Waals surface area contributed by atoms with E-state index in [0.29, 0.717) is 33.0 Å². The summed E-state index contributed by atoms with van der Waals surface area (Å²) in [6.45, 7) is 5.11. The average Bonchev–Trinajstić information content (AvgIpc) is 3.10. The third kappa shape index (κ3) is 9.57. The quantitative estimate of drug-likeness (QED) is 0.142. The predicted octanol–water partition coefficient (Wildman–Crippen LogP) is 6.80. The van der Waals surface area contributed by atoms with Crippen molar-refractivity contribution >= 4 is 0 Å². The Labute approximate surface area is 268 Å². The van der Waals surface area contributed by atoms with Crippen molar-refractivity contribution in [1.29, 1.82) is 0 Å². The van der Waals surface area contributed by atoms with Crippen LogP contribution in [0.3, 0.4) is 0 Å². The van der Waals surface area contributed by atoms with Gasteiger partial charge in [0.25, 0.3) is 0 Å². The van der Waals surface area contributed by atoms with Gasteiger partial charge in [0.15, 0.2) is 0 Å². The van der Waals surface area contributed by atoms with E-state index in [9.17, 15) is 5.11 Å². The lowest BCUT2D eigenvalue weighted by Crippen LogP contribution is -2.70. The zero-order valence-corrected chi connectivity index (χ0v) is 26.3. The highest BCUT2D eigenvalue weighted by Crippen LogP contribution is 2.33. The summed E-state index contributed by atoms with van der Waals surface area (Å²) in [5, 5.41) is 11.0. The summed E-state index contributed by atoms with van der Waals surface area (Å²) in [6.07, 6.45) is 0.772. The van der Waals surface area contributed by atoms with Crippen LogP contribution in [-0.2, 0) is 45.4 Å². The second-order valence-electron chi connectivity index (χ2n) is 11.7. The number of hydrogen-bond acceptors (Lipinski definition) is 6. The van der Waals surface area contributed by atoms with Crippen LogP contribution in [-0.4, -0.2) is 60.2 Å². The van der Waals surface area contributed by atoms with Crippen molar-refractivity contribution < 1.29 is 24.1 Å². The molecule has 1 aliphatic rings. The summed E-state index contributed by atoms with van der Waals surface area (Å²) in [5.74, 6) is 0. The van der Waals surface area contributed by atoms with Gasteiger partial charge in [-0.05, 0) is 35.2 Å². The van der Waals surface area contributed by atoms with Gasteiger partial charge in [0.1, 0.15) is 18.3 Å². The molecule has 238 valence electrons. The van der Waals surface area contributed by atoms with Crippen molar-refractivity contribution in [3.05, 3.63) is 144 Å². The van der Waals surface area contributed by atoms with Crippen LogP contribution in [0.15, 0.2) is 121 Å². The van der Waals surface area contributed by atoms with Crippen LogP contribution in [0.2, 0.25) is 0 Å². The predicted molar refractivity (Wildman–Crippen MR) is 177 cm³/mol. The molecule has 0 saturated carbocycles. The van der Waals surface area contributed by atoms with Crippen LogP contribution in [0.1, 0.15) is 42.0 Å². The first-order valence-corrected chi connectivity index (χ1v) is 16.2. The molecule has 5 rings (SSSR count). The van der Waals surface area contributed by atoms with Crippen molar-refractivity contribution in [2.45, 2.75) is 76.6 Å². The minimum absolute atomic E-state index is 0.0606. The lowest BCUT2D eigenvalue weighted by atomic mass is 9.87. The number of aliphatic hydroxyl groups excluding tert-OH is 1. The highest BCUT2D eigenvalue weighted by atomic mass is 16.6. The Morgan fingerprint density at radius 1 is 0.533 bits per heavy atom. The van der Waals surface area contributed by atoms with Crippen LogP contribution >= 0.6 is 0 Å². The van der Waals surface area contributed by atoms with Gasteiger partial charge < -0.3 is 24.1 Å². The van der Waals surface area contributed by atoms with E-state index in [1.165, 1.54) is 0 Å². The van der Waals surface area contributed by atoms with E-state index in [-0.39, 0.29) is 24.8 Å². The fraction of sp³-hybridized carbons (Fsp3) is 0.385. The molecule has 1 saturated heterocycles. The molecule has 0 aliphatic carbocycles. The average molecular weight is 610 g/mol. The van der Waals surface area contributed by atoms with Gasteiger partial charge in [-0.2, -0.15) is 0 Å². The van der Waals surface area contributed by atoms with Crippen LogP contribution in [0, 0.1) is 0 Å². The molecule has 0 bridgehead atoms. The molecule has 0 amide bonds. The zero-order valence-electron chi connectivity index (χ0n) is 26.3. The molecule has 1 N–H and O–H groups in total. The Kier molecular flexibility index (Phi) is 13.2. The van der Waals surface area contributed by atoms with Crippen molar-refractivity contribution in [3.8, 4) is 0 Å². The number of unbranched alkanes of at least 4 members (excludes halogenated alkanes) is 1. The molecule has 4 aromatic carbocycles. The van der Waals surface area contributed by atoms with Crippen LogP contribution in [0.25, 0.3) is 0 Å². The van der Waals surface area contributed by atoms with E-state index in [4.69, 9.17) is 18.9 Å². The largest absolute Gasteiger partial charge is 0.395 e. The summed E-state index contributed by atoms with van der Waals surface area (Å²) in [6, 6.07) is 40.4. The fourth-order valence-corrected chi connectivity index (χ4v) is 6.09. The number of piperidine rings is 1. The smallest absolute Gasteiger partial charge is 0.113 e. The van der Waals surface area contributed by atoms with Crippen molar-refractivity contribution in [3.63, 3.8) is 0 Å².